The second-order valence-electron chi connectivity index (χ2n) is 6.04. The van der Waals surface area contributed by atoms with Gasteiger partial charge in [0, 0.05) is 19.0 Å². The molecule has 4 rings (SSSR count). The van der Waals surface area contributed by atoms with Gasteiger partial charge in [-0.1, -0.05) is 12.1 Å². The third-order valence-corrected chi connectivity index (χ3v) is 6.63. The number of benzene rings is 1. The molecule has 3 nitrogen and oxygen atoms in total. The first-order valence-corrected chi connectivity index (χ1v) is 9.61. The molecule has 1 saturated heterocycles. The molecule has 23 heavy (non-hydrogen) atoms. The molecule has 2 aromatic heterocycles. The van der Waals surface area contributed by atoms with Gasteiger partial charge in [0.25, 0.3) is 5.91 Å². The van der Waals surface area contributed by atoms with Crippen LogP contribution in [0.1, 0.15) is 39.0 Å². The molecule has 3 aromatic rings. The molecule has 118 valence electrons. The maximum atomic E-state index is 12.8. The topological polar surface area (TPSA) is 33.2 Å². The molecular formula is C18H18N2OS2. The molecular weight excluding hydrogens is 324 g/mol. The number of fused-ring (bicyclic) bond motifs is 1. The maximum absolute atomic E-state index is 12.8. The zero-order chi connectivity index (χ0) is 15.8. The fourth-order valence-electron chi connectivity index (χ4n) is 3.16. The van der Waals surface area contributed by atoms with Crippen LogP contribution in [0.3, 0.4) is 0 Å². The molecule has 3 heterocycles. The molecule has 0 saturated carbocycles. The smallest absolute Gasteiger partial charge is 0.264 e. The molecule has 5 heteroatoms. The van der Waals surface area contributed by atoms with Crippen LogP contribution in [0.15, 0.2) is 35.7 Å². The number of nitrogens with zero attached hydrogens (tertiary/aromatic N) is 2. The van der Waals surface area contributed by atoms with Crippen molar-refractivity contribution in [2.75, 3.05) is 13.1 Å². The normalized spacial score (nSPS) is 18.5. The molecule has 1 aliphatic heterocycles. The van der Waals surface area contributed by atoms with Crippen LogP contribution in [-0.2, 0) is 0 Å². The van der Waals surface area contributed by atoms with E-state index in [2.05, 4.69) is 18.2 Å². The summed E-state index contributed by atoms with van der Waals surface area (Å²) in [5.74, 6) is 0.550. The number of aromatic nitrogens is 1. The Morgan fingerprint density at radius 2 is 2.17 bits per heavy atom. The molecule has 0 aliphatic carbocycles. The molecule has 0 N–H and O–H groups in total. The molecule has 0 radical (unpaired) electrons. The van der Waals surface area contributed by atoms with Crippen LogP contribution in [0.5, 0.6) is 0 Å². The van der Waals surface area contributed by atoms with Crippen LogP contribution in [0, 0.1) is 6.92 Å². The lowest BCUT2D eigenvalue weighted by molar-refractivity contribution is 0.0711. The molecule has 1 aliphatic rings. The van der Waals surface area contributed by atoms with Crippen LogP contribution in [0.4, 0.5) is 0 Å². The van der Waals surface area contributed by atoms with Crippen molar-refractivity contribution in [2.24, 2.45) is 0 Å². The Morgan fingerprint density at radius 3 is 2.96 bits per heavy atom. The highest BCUT2D eigenvalue weighted by Crippen LogP contribution is 2.33. The van der Waals surface area contributed by atoms with E-state index in [1.165, 1.54) is 9.71 Å². The molecule has 1 atom stereocenters. The molecule has 1 aromatic carbocycles. The zero-order valence-corrected chi connectivity index (χ0v) is 14.6. The summed E-state index contributed by atoms with van der Waals surface area (Å²) in [7, 11) is 0. The van der Waals surface area contributed by atoms with E-state index in [1.54, 1.807) is 22.7 Å². The number of hydrogen-bond acceptors (Lipinski definition) is 4. The largest absolute Gasteiger partial charge is 0.337 e. The van der Waals surface area contributed by atoms with Crippen molar-refractivity contribution in [3.05, 3.63) is 51.2 Å². The Bertz CT molecular complexity index is 818. The minimum atomic E-state index is 0.184. The number of carbonyl (C=O) groups excluding carboxylic acids is 1. The van der Waals surface area contributed by atoms with E-state index in [9.17, 15) is 4.79 Å². The van der Waals surface area contributed by atoms with Crippen LogP contribution in [0.2, 0.25) is 0 Å². The SMILES string of the molecule is Cc1ccsc1C(=O)N1CCC[C@H](c2nc3ccccc3s2)C1. The van der Waals surface area contributed by atoms with E-state index in [1.807, 2.05) is 29.3 Å². The zero-order valence-electron chi connectivity index (χ0n) is 13.0. The number of amides is 1. The number of hydrogen-bond donors (Lipinski definition) is 0. The Morgan fingerprint density at radius 1 is 1.30 bits per heavy atom. The molecule has 1 fully saturated rings. The highest BCUT2D eigenvalue weighted by Gasteiger charge is 2.28. The number of rotatable bonds is 2. The van der Waals surface area contributed by atoms with Crippen LogP contribution >= 0.6 is 22.7 Å². The van der Waals surface area contributed by atoms with Gasteiger partial charge in [-0.3, -0.25) is 4.79 Å². The Hall–Kier alpha value is -1.72. The van der Waals surface area contributed by atoms with E-state index in [0.29, 0.717) is 5.92 Å². The van der Waals surface area contributed by atoms with Gasteiger partial charge >= 0.3 is 0 Å². The second kappa shape index (κ2) is 6.06. The number of thiophene rings is 1. The summed E-state index contributed by atoms with van der Waals surface area (Å²) in [5.41, 5.74) is 2.16. The molecule has 1 amide bonds. The van der Waals surface area contributed by atoms with Crippen molar-refractivity contribution in [3.8, 4) is 0 Å². The Balaban J connectivity index is 1.57. The number of piperidine rings is 1. The summed E-state index contributed by atoms with van der Waals surface area (Å²) in [6.07, 6.45) is 2.17. The summed E-state index contributed by atoms with van der Waals surface area (Å²) < 4.78 is 1.24. The van der Waals surface area contributed by atoms with Gasteiger partial charge in [-0.05, 0) is 48.9 Å². The highest BCUT2D eigenvalue weighted by atomic mass is 32.1. The fraction of sp³-hybridized carbons (Fsp3) is 0.333. The Labute approximate surface area is 143 Å². The van der Waals surface area contributed by atoms with Gasteiger partial charge < -0.3 is 4.90 Å². The van der Waals surface area contributed by atoms with Crippen molar-refractivity contribution in [1.29, 1.82) is 0 Å². The van der Waals surface area contributed by atoms with Crippen molar-refractivity contribution in [3.63, 3.8) is 0 Å². The van der Waals surface area contributed by atoms with Gasteiger partial charge in [0.05, 0.1) is 20.1 Å². The van der Waals surface area contributed by atoms with E-state index < -0.39 is 0 Å². The summed E-state index contributed by atoms with van der Waals surface area (Å²) >= 11 is 3.32. The average molecular weight is 342 g/mol. The third-order valence-electron chi connectivity index (χ3n) is 4.42. The van der Waals surface area contributed by atoms with E-state index >= 15 is 0 Å². The number of aryl methyl sites for hydroxylation is 1. The van der Waals surface area contributed by atoms with Crippen molar-refractivity contribution >= 4 is 38.8 Å². The van der Waals surface area contributed by atoms with Gasteiger partial charge in [-0.25, -0.2) is 4.98 Å². The quantitative estimate of drug-likeness (QED) is 0.677. The van der Waals surface area contributed by atoms with E-state index in [4.69, 9.17) is 4.98 Å². The summed E-state index contributed by atoms with van der Waals surface area (Å²) in [6.45, 7) is 3.66. The number of carbonyl (C=O) groups is 1. The summed E-state index contributed by atoms with van der Waals surface area (Å²) in [6, 6.07) is 10.3. The number of thiazole rings is 1. The maximum Gasteiger partial charge on any atom is 0.264 e. The third kappa shape index (κ3) is 2.79. The minimum absolute atomic E-state index is 0.184. The first kappa shape index (κ1) is 14.8. The standard InChI is InChI=1S/C18H18N2OS2/c1-12-8-10-22-16(12)18(21)20-9-4-5-13(11-20)17-19-14-6-2-3-7-15(14)23-17/h2-3,6-8,10,13H,4-5,9,11H2,1H3/t13-/m0/s1. The lowest BCUT2D eigenvalue weighted by Gasteiger charge is -2.31. The van der Waals surface area contributed by atoms with Gasteiger partial charge in [0.2, 0.25) is 0 Å². The predicted octanol–water partition coefficient (Wildman–Crippen LogP) is 4.69. The van der Waals surface area contributed by atoms with Gasteiger partial charge in [0.1, 0.15) is 0 Å². The minimum Gasteiger partial charge on any atom is -0.337 e. The van der Waals surface area contributed by atoms with Crippen LogP contribution in [-0.4, -0.2) is 28.9 Å². The lowest BCUT2D eigenvalue weighted by Crippen LogP contribution is -2.39. The van der Waals surface area contributed by atoms with Gasteiger partial charge in [0.15, 0.2) is 0 Å². The summed E-state index contributed by atoms with van der Waals surface area (Å²) in [5, 5.41) is 3.17. The molecule has 0 bridgehead atoms. The molecule has 0 spiro atoms. The van der Waals surface area contributed by atoms with Crippen molar-refractivity contribution in [2.45, 2.75) is 25.7 Å². The van der Waals surface area contributed by atoms with Crippen molar-refractivity contribution < 1.29 is 4.79 Å². The lowest BCUT2D eigenvalue weighted by atomic mass is 9.98. The van der Waals surface area contributed by atoms with E-state index in [-0.39, 0.29) is 5.91 Å². The van der Waals surface area contributed by atoms with Gasteiger partial charge in [-0.15, -0.1) is 22.7 Å². The summed E-state index contributed by atoms with van der Waals surface area (Å²) in [4.78, 5) is 20.4. The first-order chi connectivity index (χ1) is 11.2. The van der Waals surface area contributed by atoms with E-state index in [0.717, 1.165) is 41.9 Å². The monoisotopic (exact) mass is 342 g/mol. The average Bonchev–Trinajstić information content (AvgIpc) is 3.20. The highest BCUT2D eigenvalue weighted by molar-refractivity contribution is 7.18. The van der Waals surface area contributed by atoms with Crippen LogP contribution < -0.4 is 0 Å². The first-order valence-electron chi connectivity index (χ1n) is 7.91. The fourth-order valence-corrected chi connectivity index (χ4v) is 5.15. The Kier molecular flexibility index (Phi) is 3.91. The number of likely N-dealkylation sites (tertiary alicyclic amines) is 1. The van der Waals surface area contributed by atoms with Crippen LogP contribution in [0.25, 0.3) is 10.2 Å². The second-order valence-corrected chi connectivity index (χ2v) is 8.02. The predicted molar refractivity (Wildman–Crippen MR) is 96.6 cm³/mol. The number of para-hydroxylation sites is 1. The van der Waals surface area contributed by atoms with Crippen molar-refractivity contribution in [1.82, 2.24) is 9.88 Å². The van der Waals surface area contributed by atoms with Gasteiger partial charge in [-0.2, -0.15) is 0 Å². The molecule has 0 unspecified atom stereocenters.